The lowest BCUT2D eigenvalue weighted by atomic mass is 9.86. The van der Waals surface area contributed by atoms with Gasteiger partial charge in [0.1, 0.15) is 0 Å². The molecule has 1 atom stereocenters. The lowest BCUT2D eigenvalue weighted by Crippen LogP contribution is -2.37. The van der Waals surface area contributed by atoms with E-state index in [0.717, 1.165) is 5.56 Å². The van der Waals surface area contributed by atoms with Gasteiger partial charge >= 0.3 is 0 Å². The number of nitrogen functional groups attached to an aromatic ring is 1. The predicted octanol–water partition coefficient (Wildman–Crippen LogP) is 3.27. The Morgan fingerprint density at radius 3 is 2.40 bits per heavy atom. The van der Waals surface area contributed by atoms with Crippen LogP contribution in [0.3, 0.4) is 0 Å². The Morgan fingerprint density at radius 2 is 1.85 bits per heavy atom. The van der Waals surface area contributed by atoms with Crippen molar-refractivity contribution in [2.75, 3.05) is 5.73 Å². The van der Waals surface area contributed by atoms with E-state index in [9.17, 15) is 13.6 Å². The third kappa shape index (κ3) is 3.68. The van der Waals surface area contributed by atoms with Crippen molar-refractivity contribution in [2.24, 2.45) is 5.92 Å². The average molecular weight is 282 g/mol. The van der Waals surface area contributed by atoms with Gasteiger partial charge in [-0.1, -0.05) is 12.1 Å². The van der Waals surface area contributed by atoms with Crippen molar-refractivity contribution in [3.8, 4) is 0 Å². The Hall–Kier alpha value is -1.65. The van der Waals surface area contributed by atoms with E-state index in [1.165, 1.54) is 0 Å². The summed E-state index contributed by atoms with van der Waals surface area (Å²) in [4.78, 5) is 12.1. The minimum atomic E-state index is -2.60. The van der Waals surface area contributed by atoms with Gasteiger partial charge in [-0.05, 0) is 37.5 Å². The summed E-state index contributed by atoms with van der Waals surface area (Å²) < 4.78 is 26.1. The minimum absolute atomic E-state index is 0.134. The first-order chi connectivity index (χ1) is 9.37. The number of halogens is 2. The summed E-state index contributed by atoms with van der Waals surface area (Å²) in [6.07, 6.45) is 0.128. The zero-order valence-corrected chi connectivity index (χ0v) is 11.5. The molecule has 5 heteroatoms. The molecule has 0 aliphatic heterocycles. The zero-order chi connectivity index (χ0) is 14.8. The van der Waals surface area contributed by atoms with Gasteiger partial charge in [0.05, 0.1) is 6.04 Å². The number of alkyl halides is 2. The maximum Gasteiger partial charge on any atom is 0.248 e. The molecule has 3 N–H and O–H groups in total. The van der Waals surface area contributed by atoms with Gasteiger partial charge in [-0.25, -0.2) is 8.78 Å². The molecule has 0 spiro atoms. The van der Waals surface area contributed by atoms with Crippen LogP contribution in [0.4, 0.5) is 14.5 Å². The second-order valence-electron chi connectivity index (χ2n) is 5.53. The number of benzene rings is 1. The molecule has 0 heterocycles. The van der Waals surface area contributed by atoms with Gasteiger partial charge < -0.3 is 11.1 Å². The van der Waals surface area contributed by atoms with E-state index >= 15 is 0 Å². The molecule has 3 nitrogen and oxygen atoms in total. The normalized spacial score (nSPS) is 20.4. The number of hydrogen-bond acceptors (Lipinski definition) is 2. The van der Waals surface area contributed by atoms with Gasteiger partial charge in [0, 0.05) is 24.4 Å². The Bertz CT molecular complexity index is 463. The Labute approximate surface area is 117 Å². The van der Waals surface area contributed by atoms with Crippen molar-refractivity contribution >= 4 is 11.6 Å². The minimum Gasteiger partial charge on any atom is -0.399 e. The number of carbonyl (C=O) groups excluding carboxylic acids is 1. The first kappa shape index (κ1) is 14.8. The number of nitrogens with one attached hydrogen (secondary N) is 1. The molecule has 0 bridgehead atoms. The van der Waals surface area contributed by atoms with Crippen LogP contribution in [0.25, 0.3) is 0 Å². The zero-order valence-electron chi connectivity index (χ0n) is 11.5. The van der Waals surface area contributed by atoms with Crippen LogP contribution >= 0.6 is 0 Å². The summed E-state index contributed by atoms with van der Waals surface area (Å²) in [5.74, 6) is -3.03. The molecule has 0 radical (unpaired) electrons. The third-order valence-electron chi connectivity index (χ3n) is 3.88. The fourth-order valence-corrected chi connectivity index (χ4v) is 2.50. The topological polar surface area (TPSA) is 55.1 Å². The lowest BCUT2D eigenvalue weighted by Gasteiger charge is -2.28. The van der Waals surface area contributed by atoms with E-state index in [0.29, 0.717) is 5.69 Å². The van der Waals surface area contributed by atoms with Gasteiger partial charge in [0.2, 0.25) is 11.8 Å². The molecule has 1 saturated carbocycles. The summed E-state index contributed by atoms with van der Waals surface area (Å²) >= 11 is 0. The summed E-state index contributed by atoms with van der Waals surface area (Å²) in [5.41, 5.74) is 7.23. The molecule has 1 fully saturated rings. The molecular formula is C15H20F2N2O. The van der Waals surface area contributed by atoms with Crippen LogP contribution < -0.4 is 11.1 Å². The van der Waals surface area contributed by atoms with Crippen LogP contribution in [0.15, 0.2) is 24.3 Å². The van der Waals surface area contributed by atoms with Crippen molar-refractivity contribution in [3.05, 3.63) is 29.8 Å². The second-order valence-corrected chi connectivity index (χ2v) is 5.53. The highest BCUT2D eigenvalue weighted by atomic mass is 19.3. The first-order valence-corrected chi connectivity index (χ1v) is 6.91. The molecule has 0 aromatic heterocycles. The highest BCUT2D eigenvalue weighted by molar-refractivity contribution is 5.79. The summed E-state index contributed by atoms with van der Waals surface area (Å²) in [7, 11) is 0. The largest absolute Gasteiger partial charge is 0.399 e. The monoisotopic (exact) mass is 282 g/mol. The molecule has 1 unspecified atom stereocenters. The molecular weight excluding hydrogens is 262 g/mol. The van der Waals surface area contributed by atoms with Gasteiger partial charge in [0.15, 0.2) is 0 Å². The molecule has 1 aromatic rings. The second kappa shape index (κ2) is 5.77. The van der Waals surface area contributed by atoms with Crippen molar-refractivity contribution in [2.45, 2.75) is 44.6 Å². The SMILES string of the molecule is CC(NC(=O)C1CCC(F)(F)CC1)c1ccc(N)cc1. The van der Waals surface area contributed by atoms with Crippen LogP contribution in [-0.4, -0.2) is 11.8 Å². The van der Waals surface area contributed by atoms with E-state index in [2.05, 4.69) is 5.32 Å². The molecule has 0 saturated heterocycles. The number of anilines is 1. The Kier molecular flexibility index (Phi) is 4.26. The van der Waals surface area contributed by atoms with Crippen LogP contribution in [0.5, 0.6) is 0 Å². The van der Waals surface area contributed by atoms with Crippen molar-refractivity contribution < 1.29 is 13.6 Å². The van der Waals surface area contributed by atoms with Crippen molar-refractivity contribution in [1.82, 2.24) is 5.32 Å². The maximum atomic E-state index is 13.1. The molecule has 20 heavy (non-hydrogen) atoms. The Balaban J connectivity index is 1.90. The average Bonchev–Trinajstić information content (AvgIpc) is 2.39. The van der Waals surface area contributed by atoms with Gasteiger partial charge in [0.25, 0.3) is 0 Å². The molecule has 1 aliphatic rings. The fourth-order valence-electron chi connectivity index (χ4n) is 2.50. The Morgan fingerprint density at radius 1 is 1.30 bits per heavy atom. The van der Waals surface area contributed by atoms with Crippen molar-refractivity contribution in [1.29, 1.82) is 0 Å². The fraction of sp³-hybridized carbons (Fsp3) is 0.533. The highest BCUT2D eigenvalue weighted by Crippen LogP contribution is 2.36. The quantitative estimate of drug-likeness (QED) is 0.836. The standard InChI is InChI=1S/C15H20F2N2O/c1-10(11-2-4-13(18)5-3-11)19-14(20)12-6-8-15(16,17)9-7-12/h2-5,10,12H,6-9,18H2,1H3,(H,19,20). The number of amides is 1. The van der Waals surface area contributed by atoms with E-state index in [4.69, 9.17) is 5.73 Å². The smallest absolute Gasteiger partial charge is 0.248 e. The van der Waals surface area contributed by atoms with E-state index in [1.807, 2.05) is 19.1 Å². The molecule has 1 amide bonds. The first-order valence-electron chi connectivity index (χ1n) is 6.91. The van der Waals surface area contributed by atoms with Gasteiger partial charge in [-0.2, -0.15) is 0 Å². The van der Waals surface area contributed by atoms with Crippen molar-refractivity contribution in [3.63, 3.8) is 0 Å². The number of carbonyl (C=O) groups is 1. The molecule has 110 valence electrons. The van der Waals surface area contributed by atoms with Gasteiger partial charge in [-0.15, -0.1) is 0 Å². The van der Waals surface area contributed by atoms with Crippen LogP contribution in [-0.2, 0) is 4.79 Å². The maximum absolute atomic E-state index is 13.1. The van der Waals surface area contributed by atoms with Crippen LogP contribution in [0.1, 0.15) is 44.2 Å². The molecule has 2 rings (SSSR count). The number of hydrogen-bond donors (Lipinski definition) is 2. The summed E-state index contributed by atoms with van der Waals surface area (Å²) in [6.45, 7) is 1.88. The highest BCUT2D eigenvalue weighted by Gasteiger charge is 2.37. The molecule has 1 aliphatic carbocycles. The number of rotatable bonds is 3. The summed E-state index contributed by atoms with van der Waals surface area (Å²) in [5, 5.41) is 2.89. The molecule has 1 aromatic carbocycles. The van der Waals surface area contributed by atoms with E-state index < -0.39 is 5.92 Å². The van der Waals surface area contributed by atoms with Crippen LogP contribution in [0, 0.1) is 5.92 Å². The summed E-state index contributed by atoms with van der Waals surface area (Å²) in [6, 6.07) is 7.12. The van der Waals surface area contributed by atoms with Crippen LogP contribution in [0.2, 0.25) is 0 Å². The lowest BCUT2D eigenvalue weighted by molar-refractivity contribution is -0.129. The third-order valence-corrected chi connectivity index (χ3v) is 3.88. The van der Waals surface area contributed by atoms with E-state index in [1.54, 1.807) is 12.1 Å². The van der Waals surface area contributed by atoms with E-state index in [-0.39, 0.29) is 43.6 Å². The van der Waals surface area contributed by atoms with Gasteiger partial charge in [-0.3, -0.25) is 4.79 Å². The number of nitrogens with two attached hydrogens (primary N) is 1. The predicted molar refractivity (Wildman–Crippen MR) is 74.3 cm³/mol.